The summed E-state index contributed by atoms with van der Waals surface area (Å²) in [7, 11) is 1.67. The maximum atomic E-state index is 12.3. The quantitative estimate of drug-likeness (QED) is 0.812. The van der Waals surface area contributed by atoms with Gasteiger partial charge in [0.15, 0.2) is 5.82 Å². The first-order valence-electron chi connectivity index (χ1n) is 8.04. The number of ether oxygens (including phenoxy) is 1. The van der Waals surface area contributed by atoms with Crippen LogP contribution in [0.15, 0.2) is 40.2 Å². The minimum Gasteiger partial charge on any atom is -0.472 e. The van der Waals surface area contributed by atoms with Crippen molar-refractivity contribution in [1.82, 2.24) is 19.8 Å². The molecule has 1 aliphatic heterocycles. The average Bonchev–Trinajstić information content (AvgIpc) is 3.15. The fourth-order valence-corrected chi connectivity index (χ4v) is 2.54. The number of amides is 2. The molecular formula is C16H21N5O4. The van der Waals surface area contributed by atoms with Crippen LogP contribution < -0.4 is 16.2 Å². The van der Waals surface area contributed by atoms with Crippen molar-refractivity contribution >= 4 is 11.8 Å². The Hall–Kier alpha value is -2.81. The minimum absolute atomic E-state index is 0.150. The molecule has 3 heterocycles. The SMILES string of the molecule is Cn1ccnc(NC[C@H]2CN(C(=O)NCc3ccoc3)CCO2)c1=O. The van der Waals surface area contributed by atoms with Crippen molar-refractivity contribution in [3.63, 3.8) is 0 Å². The van der Waals surface area contributed by atoms with Gasteiger partial charge in [-0.3, -0.25) is 4.79 Å². The number of carbonyl (C=O) groups excluding carboxylic acids is 1. The van der Waals surface area contributed by atoms with Crippen LogP contribution in [0, 0.1) is 0 Å². The van der Waals surface area contributed by atoms with E-state index in [1.165, 1.54) is 4.57 Å². The van der Waals surface area contributed by atoms with Crippen molar-refractivity contribution < 1.29 is 13.9 Å². The number of hydrogen-bond acceptors (Lipinski definition) is 6. The summed E-state index contributed by atoms with van der Waals surface area (Å²) in [6.45, 7) is 2.24. The molecule has 2 amide bonds. The number of rotatable bonds is 5. The van der Waals surface area contributed by atoms with Gasteiger partial charge in [-0.05, 0) is 6.07 Å². The Labute approximate surface area is 144 Å². The summed E-state index contributed by atoms with van der Waals surface area (Å²) in [6, 6.07) is 1.66. The van der Waals surface area contributed by atoms with Crippen LogP contribution in [0.4, 0.5) is 10.6 Å². The third-order valence-electron chi connectivity index (χ3n) is 3.96. The van der Waals surface area contributed by atoms with Crippen molar-refractivity contribution in [1.29, 1.82) is 0 Å². The lowest BCUT2D eigenvalue weighted by Crippen LogP contribution is -2.51. The third kappa shape index (κ3) is 4.38. The molecule has 0 aromatic carbocycles. The van der Waals surface area contributed by atoms with Gasteiger partial charge in [0.25, 0.3) is 5.56 Å². The average molecular weight is 347 g/mol. The molecule has 1 aliphatic rings. The van der Waals surface area contributed by atoms with Crippen molar-refractivity contribution in [3.8, 4) is 0 Å². The molecule has 3 rings (SSSR count). The highest BCUT2D eigenvalue weighted by Gasteiger charge is 2.24. The number of aromatic nitrogens is 2. The molecule has 2 aromatic heterocycles. The molecule has 0 saturated carbocycles. The van der Waals surface area contributed by atoms with Crippen LogP contribution in [0.5, 0.6) is 0 Å². The van der Waals surface area contributed by atoms with Crippen LogP contribution in [-0.2, 0) is 18.3 Å². The number of aryl methyl sites for hydroxylation is 1. The second kappa shape index (κ2) is 7.84. The number of morpholine rings is 1. The number of nitrogens with zero attached hydrogens (tertiary/aromatic N) is 3. The molecule has 1 atom stereocenters. The minimum atomic E-state index is -0.208. The van der Waals surface area contributed by atoms with Crippen molar-refractivity contribution in [2.24, 2.45) is 7.05 Å². The highest BCUT2D eigenvalue weighted by molar-refractivity contribution is 5.74. The summed E-state index contributed by atoms with van der Waals surface area (Å²) in [5.74, 6) is 0.273. The lowest BCUT2D eigenvalue weighted by atomic mass is 10.2. The van der Waals surface area contributed by atoms with Crippen molar-refractivity contribution in [2.75, 3.05) is 31.6 Å². The number of furan rings is 1. The number of hydrogen-bond donors (Lipinski definition) is 2. The van der Waals surface area contributed by atoms with Crippen molar-refractivity contribution in [3.05, 3.63) is 46.9 Å². The Morgan fingerprint density at radius 2 is 2.36 bits per heavy atom. The Kier molecular flexibility index (Phi) is 5.34. The van der Waals surface area contributed by atoms with E-state index in [2.05, 4.69) is 15.6 Å². The molecule has 9 nitrogen and oxygen atoms in total. The topological polar surface area (TPSA) is 102 Å². The van der Waals surface area contributed by atoms with Gasteiger partial charge in [0.05, 0.1) is 31.8 Å². The van der Waals surface area contributed by atoms with E-state index in [-0.39, 0.29) is 23.5 Å². The van der Waals surface area contributed by atoms with Gasteiger partial charge in [0, 0.05) is 44.6 Å². The van der Waals surface area contributed by atoms with E-state index in [4.69, 9.17) is 9.15 Å². The van der Waals surface area contributed by atoms with Gasteiger partial charge in [-0.2, -0.15) is 0 Å². The largest absolute Gasteiger partial charge is 0.472 e. The van der Waals surface area contributed by atoms with Crippen LogP contribution in [0.2, 0.25) is 0 Å². The zero-order valence-corrected chi connectivity index (χ0v) is 14.0. The zero-order chi connectivity index (χ0) is 17.6. The summed E-state index contributed by atoms with van der Waals surface area (Å²) in [4.78, 5) is 29.9. The zero-order valence-electron chi connectivity index (χ0n) is 14.0. The van der Waals surface area contributed by atoms with E-state index in [0.29, 0.717) is 32.8 Å². The van der Waals surface area contributed by atoms with Gasteiger partial charge in [-0.1, -0.05) is 0 Å². The van der Waals surface area contributed by atoms with Gasteiger partial charge < -0.3 is 29.3 Å². The van der Waals surface area contributed by atoms with E-state index >= 15 is 0 Å². The van der Waals surface area contributed by atoms with Gasteiger partial charge in [-0.25, -0.2) is 9.78 Å². The molecule has 0 spiro atoms. The number of carbonyl (C=O) groups is 1. The Morgan fingerprint density at radius 3 is 3.16 bits per heavy atom. The molecule has 1 saturated heterocycles. The van der Waals surface area contributed by atoms with Gasteiger partial charge in [0.1, 0.15) is 0 Å². The Bertz CT molecular complexity index is 758. The number of nitrogens with one attached hydrogen (secondary N) is 2. The number of urea groups is 1. The molecule has 134 valence electrons. The highest BCUT2D eigenvalue weighted by atomic mass is 16.5. The molecule has 1 fully saturated rings. The van der Waals surface area contributed by atoms with Crippen LogP contribution in [0.1, 0.15) is 5.56 Å². The Morgan fingerprint density at radius 1 is 1.48 bits per heavy atom. The van der Waals surface area contributed by atoms with Crippen LogP contribution in [0.3, 0.4) is 0 Å². The highest BCUT2D eigenvalue weighted by Crippen LogP contribution is 2.07. The summed E-state index contributed by atoms with van der Waals surface area (Å²) in [5.41, 5.74) is 0.707. The summed E-state index contributed by atoms with van der Waals surface area (Å²) in [5, 5.41) is 5.85. The van der Waals surface area contributed by atoms with Crippen molar-refractivity contribution in [2.45, 2.75) is 12.6 Å². The Balaban J connectivity index is 1.49. The first-order valence-corrected chi connectivity index (χ1v) is 8.04. The van der Waals surface area contributed by atoms with E-state index in [1.54, 1.807) is 42.9 Å². The molecule has 0 bridgehead atoms. The predicted molar refractivity (Wildman–Crippen MR) is 90.2 cm³/mol. The van der Waals surface area contributed by atoms with E-state index < -0.39 is 0 Å². The smallest absolute Gasteiger partial charge is 0.317 e. The summed E-state index contributed by atoms with van der Waals surface area (Å²) < 4.78 is 12.1. The maximum Gasteiger partial charge on any atom is 0.317 e. The first-order chi connectivity index (χ1) is 12.1. The molecule has 0 aliphatic carbocycles. The monoisotopic (exact) mass is 347 g/mol. The number of anilines is 1. The van der Waals surface area contributed by atoms with E-state index in [9.17, 15) is 9.59 Å². The lowest BCUT2D eigenvalue weighted by molar-refractivity contribution is -0.00657. The molecule has 2 aromatic rings. The fourth-order valence-electron chi connectivity index (χ4n) is 2.54. The molecule has 0 radical (unpaired) electrons. The third-order valence-corrected chi connectivity index (χ3v) is 3.96. The molecule has 25 heavy (non-hydrogen) atoms. The molecule has 9 heteroatoms. The standard InChI is InChI=1S/C16H21N5O4/c1-20-4-3-17-14(15(20)22)18-9-13-10-21(5-7-25-13)16(23)19-8-12-2-6-24-11-12/h2-4,6,11,13H,5,7-10H2,1H3,(H,17,18)(H,19,23)/t13-/m0/s1. The fraction of sp³-hybridized carbons (Fsp3) is 0.438. The second-order valence-corrected chi connectivity index (χ2v) is 5.80. The molecular weight excluding hydrogens is 326 g/mol. The lowest BCUT2D eigenvalue weighted by Gasteiger charge is -2.33. The second-order valence-electron chi connectivity index (χ2n) is 5.80. The first kappa shape index (κ1) is 17.0. The molecule has 2 N–H and O–H groups in total. The van der Waals surface area contributed by atoms with Crippen LogP contribution >= 0.6 is 0 Å². The van der Waals surface area contributed by atoms with Crippen LogP contribution in [-0.4, -0.2) is 52.8 Å². The van der Waals surface area contributed by atoms with Gasteiger partial charge in [0.2, 0.25) is 0 Å². The van der Waals surface area contributed by atoms with Gasteiger partial charge >= 0.3 is 6.03 Å². The van der Waals surface area contributed by atoms with E-state index in [1.807, 2.05) is 0 Å². The summed E-state index contributed by atoms with van der Waals surface area (Å²) in [6.07, 6.45) is 6.11. The van der Waals surface area contributed by atoms with Gasteiger partial charge in [-0.15, -0.1) is 0 Å². The van der Waals surface area contributed by atoms with E-state index in [0.717, 1.165) is 5.56 Å². The normalized spacial score (nSPS) is 17.3. The maximum absolute atomic E-state index is 12.3. The molecule has 0 unspecified atom stereocenters. The summed E-state index contributed by atoms with van der Waals surface area (Å²) >= 11 is 0. The predicted octanol–water partition coefficient (Wildman–Crippen LogP) is 0.396. The van der Waals surface area contributed by atoms with Crippen LogP contribution in [0.25, 0.3) is 0 Å².